The summed E-state index contributed by atoms with van der Waals surface area (Å²) in [4.78, 5) is 23.6. The van der Waals surface area contributed by atoms with Crippen LogP contribution in [0.3, 0.4) is 0 Å². The zero-order valence-electron chi connectivity index (χ0n) is 16.4. The fraction of sp³-hybridized carbons (Fsp3) is 0.450. The molecule has 150 valence electrons. The minimum Gasteiger partial charge on any atom is -0.496 e. The smallest absolute Gasteiger partial charge is 0.270 e. The van der Waals surface area contributed by atoms with Crippen molar-refractivity contribution in [1.29, 1.82) is 0 Å². The summed E-state index contributed by atoms with van der Waals surface area (Å²) in [6, 6.07) is 9.28. The summed E-state index contributed by atoms with van der Waals surface area (Å²) in [5, 5.41) is 6.11. The van der Waals surface area contributed by atoms with Crippen molar-refractivity contribution in [3.63, 3.8) is 0 Å². The van der Waals surface area contributed by atoms with Gasteiger partial charge in [-0.2, -0.15) is 0 Å². The first-order valence-electron chi connectivity index (χ1n) is 9.45. The zero-order valence-corrected chi connectivity index (χ0v) is 16.4. The number of carbonyl (C=O) groups excluding carboxylic acids is 1. The molecule has 1 aromatic carbocycles. The van der Waals surface area contributed by atoms with Crippen molar-refractivity contribution < 1.29 is 14.3 Å². The van der Waals surface area contributed by atoms with E-state index in [1.807, 2.05) is 31.2 Å². The minimum atomic E-state index is -0.243. The van der Waals surface area contributed by atoms with Crippen LogP contribution in [-0.4, -0.2) is 67.3 Å². The van der Waals surface area contributed by atoms with Crippen molar-refractivity contribution >= 4 is 11.9 Å². The lowest BCUT2D eigenvalue weighted by molar-refractivity contribution is 0.0398. The number of ether oxygens (including phenoxy) is 2. The average Bonchev–Trinajstić information content (AvgIpc) is 2.72. The Kier molecular flexibility index (Phi) is 7.16. The molecule has 1 aliphatic heterocycles. The van der Waals surface area contributed by atoms with E-state index < -0.39 is 0 Å². The lowest BCUT2D eigenvalue weighted by atomic mass is 10.2. The first kappa shape index (κ1) is 20.0. The average molecular weight is 385 g/mol. The molecule has 0 atom stereocenters. The zero-order chi connectivity index (χ0) is 19.8. The van der Waals surface area contributed by atoms with Crippen LogP contribution in [0.25, 0.3) is 0 Å². The second-order valence-corrected chi connectivity index (χ2v) is 6.59. The van der Waals surface area contributed by atoms with Gasteiger partial charge in [0.2, 0.25) is 5.95 Å². The topological polar surface area (TPSA) is 88.6 Å². The number of nitrogens with zero attached hydrogens (tertiary/aromatic N) is 3. The van der Waals surface area contributed by atoms with Crippen molar-refractivity contribution in [3.8, 4) is 5.75 Å². The molecule has 28 heavy (non-hydrogen) atoms. The predicted octanol–water partition coefficient (Wildman–Crippen LogP) is 1.47. The summed E-state index contributed by atoms with van der Waals surface area (Å²) in [6.07, 6.45) is 0. The molecule has 1 aromatic heterocycles. The highest BCUT2D eigenvalue weighted by Gasteiger charge is 2.13. The quantitative estimate of drug-likeness (QED) is 0.711. The van der Waals surface area contributed by atoms with Crippen molar-refractivity contribution in [2.45, 2.75) is 13.5 Å². The van der Waals surface area contributed by atoms with E-state index in [2.05, 4.69) is 25.5 Å². The third-order valence-electron chi connectivity index (χ3n) is 4.53. The number of rotatable bonds is 8. The Morgan fingerprint density at radius 3 is 2.82 bits per heavy atom. The Balaban J connectivity index is 1.56. The van der Waals surface area contributed by atoms with Crippen LogP contribution in [-0.2, 0) is 11.3 Å². The fourth-order valence-corrected chi connectivity index (χ4v) is 3.03. The number of aromatic nitrogens is 2. The number of para-hydroxylation sites is 1. The lowest BCUT2D eigenvalue weighted by Gasteiger charge is -2.26. The van der Waals surface area contributed by atoms with Crippen LogP contribution in [0.15, 0.2) is 30.3 Å². The van der Waals surface area contributed by atoms with E-state index in [0.29, 0.717) is 24.7 Å². The number of morpholine rings is 1. The predicted molar refractivity (Wildman–Crippen MR) is 107 cm³/mol. The molecule has 0 spiro atoms. The Hall–Kier alpha value is -2.71. The first-order chi connectivity index (χ1) is 13.7. The van der Waals surface area contributed by atoms with E-state index in [-0.39, 0.29) is 5.91 Å². The van der Waals surface area contributed by atoms with Crippen molar-refractivity contribution in [1.82, 2.24) is 20.2 Å². The van der Waals surface area contributed by atoms with Gasteiger partial charge in [-0.15, -0.1) is 0 Å². The second kappa shape index (κ2) is 10.0. The van der Waals surface area contributed by atoms with Crippen molar-refractivity contribution in [2.24, 2.45) is 0 Å². The second-order valence-electron chi connectivity index (χ2n) is 6.59. The standard InChI is InChI=1S/C20H27N5O3/c1-15-13-17(19(26)22-14-16-5-3-4-6-18(16)27-2)24-20(23-15)21-7-8-25-9-11-28-12-10-25/h3-6,13H,7-12,14H2,1-2H3,(H,22,26)(H,21,23,24). The van der Waals surface area contributed by atoms with Crippen molar-refractivity contribution in [3.05, 3.63) is 47.3 Å². The maximum atomic E-state index is 12.6. The Morgan fingerprint density at radius 2 is 2.04 bits per heavy atom. The molecule has 2 aromatic rings. The number of amides is 1. The molecule has 1 fully saturated rings. The van der Waals surface area contributed by atoms with Crippen LogP contribution < -0.4 is 15.4 Å². The summed E-state index contributed by atoms with van der Waals surface area (Å²) in [7, 11) is 1.61. The summed E-state index contributed by atoms with van der Waals surface area (Å²) in [5.74, 6) is 0.968. The van der Waals surface area contributed by atoms with Gasteiger partial charge in [-0.1, -0.05) is 18.2 Å². The maximum absolute atomic E-state index is 12.6. The molecule has 8 nitrogen and oxygen atoms in total. The van der Waals surface area contributed by atoms with Gasteiger partial charge in [0.15, 0.2) is 0 Å². The van der Waals surface area contributed by atoms with Gasteiger partial charge in [-0.05, 0) is 19.1 Å². The Bertz CT molecular complexity index is 793. The number of nitrogens with one attached hydrogen (secondary N) is 2. The highest BCUT2D eigenvalue weighted by Crippen LogP contribution is 2.17. The van der Waals surface area contributed by atoms with Crippen LogP contribution in [0.2, 0.25) is 0 Å². The van der Waals surface area contributed by atoms with E-state index in [0.717, 1.165) is 49.9 Å². The van der Waals surface area contributed by atoms with Crippen LogP contribution in [0, 0.1) is 6.92 Å². The molecule has 1 aliphatic rings. The van der Waals surface area contributed by atoms with Crippen LogP contribution in [0.5, 0.6) is 5.75 Å². The summed E-state index contributed by atoms with van der Waals surface area (Å²) in [6.45, 7) is 7.24. The molecule has 0 saturated carbocycles. The highest BCUT2D eigenvalue weighted by molar-refractivity contribution is 5.92. The number of benzene rings is 1. The first-order valence-corrected chi connectivity index (χ1v) is 9.45. The Morgan fingerprint density at radius 1 is 1.25 bits per heavy atom. The number of aryl methyl sites for hydroxylation is 1. The molecule has 3 rings (SSSR count). The summed E-state index contributed by atoms with van der Waals surface area (Å²) in [5.41, 5.74) is 2.00. The molecule has 0 aliphatic carbocycles. The van der Waals surface area contributed by atoms with Gasteiger partial charge in [0.05, 0.1) is 20.3 Å². The number of hydrogen-bond donors (Lipinski definition) is 2. The maximum Gasteiger partial charge on any atom is 0.270 e. The molecule has 8 heteroatoms. The van der Waals surface area contributed by atoms with E-state index in [9.17, 15) is 4.79 Å². The highest BCUT2D eigenvalue weighted by atomic mass is 16.5. The van der Waals surface area contributed by atoms with E-state index in [1.165, 1.54) is 0 Å². The molecule has 2 heterocycles. The van der Waals surface area contributed by atoms with E-state index in [1.54, 1.807) is 13.2 Å². The Labute approximate surface area is 165 Å². The summed E-state index contributed by atoms with van der Waals surface area (Å²) < 4.78 is 10.7. The molecular weight excluding hydrogens is 358 g/mol. The molecule has 1 amide bonds. The van der Waals surface area contributed by atoms with Crippen LogP contribution in [0.4, 0.5) is 5.95 Å². The van der Waals surface area contributed by atoms with Gasteiger partial charge in [0.25, 0.3) is 5.91 Å². The number of hydrogen-bond acceptors (Lipinski definition) is 7. The van der Waals surface area contributed by atoms with Crippen LogP contribution >= 0.6 is 0 Å². The van der Waals surface area contributed by atoms with E-state index >= 15 is 0 Å². The lowest BCUT2D eigenvalue weighted by Crippen LogP contribution is -2.39. The molecule has 1 saturated heterocycles. The molecule has 2 N–H and O–H groups in total. The van der Waals surface area contributed by atoms with E-state index in [4.69, 9.17) is 9.47 Å². The van der Waals surface area contributed by atoms with Gasteiger partial charge in [0, 0.05) is 44.0 Å². The van der Waals surface area contributed by atoms with Gasteiger partial charge in [-0.25, -0.2) is 9.97 Å². The number of carbonyl (C=O) groups is 1. The van der Waals surface area contributed by atoms with Gasteiger partial charge in [0.1, 0.15) is 11.4 Å². The normalized spacial score (nSPS) is 14.5. The minimum absolute atomic E-state index is 0.243. The number of methoxy groups -OCH3 is 1. The van der Waals surface area contributed by atoms with Gasteiger partial charge >= 0.3 is 0 Å². The molecule has 0 unspecified atom stereocenters. The monoisotopic (exact) mass is 385 g/mol. The SMILES string of the molecule is COc1ccccc1CNC(=O)c1cc(C)nc(NCCN2CCOCC2)n1. The summed E-state index contributed by atoms with van der Waals surface area (Å²) >= 11 is 0. The van der Waals surface area contributed by atoms with Crippen LogP contribution in [0.1, 0.15) is 21.7 Å². The molecular formula is C20H27N5O3. The molecule has 0 bridgehead atoms. The molecule has 0 radical (unpaired) electrons. The van der Waals surface area contributed by atoms with Gasteiger partial charge in [-0.3, -0.25) is 9.69 Å². The third kappa shape index (κ3) is 5.64. The number of anilines is 1. The van der Waals surface area contributed by atoms with Crippen molar-refractivity contribution in [2.75, 3.05) is 51.8 Å². The van der Waals surface area contributed by atoms with Gasteiger partial charge < -0.3 is 20.1 Å². The largest absolute Gasteiger partial charge is 0.496 e. The third-order valence-corrected chi connectivity index (χ3v) is 4.53. The fourth-order valence-electron chi connectivity index (χ4n) is 3.03.